The van der Waals surface area contributed by atoms with Crippen LogP contribution in [-0.4, -0.2) is 96.7 Å². The third-order valence-electron chi connectivity index (χ3n) is 5.25. The van der Waals surface area contributed by atoms with Crippen LogP contribution >= 0.6 is 0 Å². The first-order chi connectivity index (χ1) is 11.6. The summed E-state index contributed by atoms with van der Waals surface area (Å²) >= 11 is 0. The van der Waals surface area contributed by atoms with Gasteiger partial charge in [0.1, 0.15) is 30.0 Å². The molecule has 10 heteroatoms. The topological polar surface area (TPSA) is 169 Å². The monoisotopic (exact) mass is 364 g/mol. The van der Waals surface area contributed by atoms with Crippen LogP contribution in [0.2, 0.25) is 0 Å². The van der Waals surface area contributed by atoms with Gasteiger partial charge in [-0.25, -0.2) is 0 Å². The van der Waals surface area contributed by atoms with Gasteiger partial charge in [0, 0.05) is 6.42 Å². The van der Waals surface area contributed by atoms with Gasteiger partial charge in [-0.2, -0.15) is 0 Å². The van der Waals surface area contributed by atoms with E-state index in [9.17, 15) is 35.7 Å². The van der Waals surface area contributed by atoms with Gasteiger partial charge in [-0.15, -0.1) is 0 Å². The van der Waals surface area contributed by atoms with Gasteiger partial charge in [0.25, 0.3) is 0 Å². The summed E-state index contributed by atoms with van der Waals surface area (Å²) in [7, 11) is 0. The molecule has 3 rings (SSSR count). The predicted molar refractivity (Wildman–Crippen MR) is 78.6 cm³/mol. The molecule has 0 aromatic heterocycles. The van der Waals surface area contributed by atoms with Crippen molar-refractivity contribution in [2.24, 2.45) is 5.92 Å². The number of hydrogen-bond donors (Lipinski definition) is 7. The van der Waals surface area contributed by atoms with Crippen LogP contribution < -0.4 is 0 Å². The molecule has 1 aliphatic carbocycles. The minimum absolute atomic E-state index is 0.129. The third-order valence-corrected chi connectivity index (χ3v) is 5.25. The van der Waals surface area contributed by atoms with Crippen LogP contribution in [0.4, 0.5) is 0 Å². The van der Waals surface area contributed by atoms with Crippen LogP contribution in [0.1, 0.15) is 13.3 Å². The van der Waals surface area contributed by atoms with Crippen molar-refractivity contribution in [2.45, 2.75) is 67.6 Å². The van der Waals surface area contributed by atoms with Crippen molar-refractivity contribution in [2.75, 3.05) is 6.61 Å². The molecule has 0 spiro atoms. The Hall–Kier alpha value is -0.820. The molecule has 3 aliphatic rings. The summed E-state index contributed by atoms with van der Waals surface area (Å²) in [6.07, 6.45) is -7.87. The molecule has 1 saturated heterocycles. The maximum Gasteiger partial charge on any atom is 0.210 e. The fourth-order valence-corrected chi connectivity index (χ4v) is 3.84. The lowest BCUT2D eigenvalue weighted by Crippen LogP contribution is -2.61. The minimum atomic E-state index is -1.81. The largest absolute Gasteiger partial charge is 0.472 e. The van der Waals surface area contributed by atoms with Crippen molar-refractivity contribution in [3.63, 3.8) is 0 Å². The maximum atomic E-state index is 10.7. The number of aliphatic hydroxyl groups excluding tert-OH is 5. The van der Waals surface area contributed by atoms with Crippen molar-refractivity contribution in [1.29, 1.82) is 0 Å². The molecular weight excluding hydrogens is 340 g/mol. The van der Waals surface area contributed by atoms with Gasteiger partial charge in [-0.1, -0.05) is 0 Å². The molecule has 1 saturated carbocycles. The number of aliphatic hydroxyl groups is 7. The molecule has 2 heterocycles. The van der Waals surface area contributed by atoms with Crippen LogP contribution in [0, 0.1) is 5.92 Å². The molecule has 144 valence electrons. The summed E-state index contributed by atoms with van der Waals surface area (Å²) in [5.74, 6) is -1.10. The van der Waals surface area contributed by atoms with Crippen molar-refractivity contribution < 1.29 is 50.0 Å². The Morgan fingerprint density at radius 1 is 1.08 bits per heavy atom. The zero-order chi connectivity index (χ0) is 18.6. The van der Waals surface area contributed by atoms with Crippen LogP contribution in [0.25, 0.3) is 0 Å². The first-order valence-electron chi connectivity index (χ1n) is 8.04. The molecule has 1 unspecified atom stereocenters. The summed E-state index contributed by atoms with van der Waals surface area (Å²) in [6.45, 7) is 0.783. The number of ether oxygens (including phenoxy) is 3. The number of fused-ring (bicyclic) bond motifs is 1. The second-order valence-electron chi connectivity index (χ2n) is 7.08. The van der Waals surface area contributed by atoms with Gasteiger partial charge in [0.05, 0.1) is 30.5 Å². The van der Waals surface area contributed by atoms with E-state index >= 15 is 0 Å². The summed E-state index contributed by atoms with van der Waals surface area (Å²) < 4.78 is 16.0. The predicted octanol–water partition coefficient (Wildman–Crippen LogP) is -3.46. The molecule has 10 nitrogen and oxygen atoms in total. The molecule has 2 fully saturated rings. The Morgan fingerprint density at radius 3 is 2.40 bits per heavy atom. The van der Waals surface area contributed by atoms with Crippen LogP contribution in [0.15, 0.2) is 12.3 Å². The molecule has 0 aromatic carbocycles. The lowest BCUT2D eigenvalue weighted by Gasteiger charge is -2.45. The van der Waals surface area contributed by atoms with Gasteiger partial charge in [0.2, 0.25) is 6.29 Å². The molecule has 25 heavy (non-hydrogen) atoms. The van der Waals surface area contributed by atoms with Crippen molar-refractivity contribution in [3.05, 3.63) is 12.3 Å². The van der Waals surface area contributed by atoms with Crippen molar-refractivity contribution in [1.82, 2.24) is 0 Å². The molecule has 7 N–H and O–H groups in total. The highest BCUT2D eigenvalue weighted by atomic mass is 16.8. The highest BCUT2D eigenvalue weighted by Gasteiger charge is 2.64. The Bertz CT molecular complexity index is 522. The van der Waals surface area contributed by atoms with E-state index in [-0.39, 0.29) is 6.42 Å². The summed E-state index contributed by atoms with van der Waals surface area (Å²) in [6, 6.07) is 0. The Labute approximate surface area is 143 Å². The van der Waals surface area contributed by atoms with E-state index in [0.717, 1.165) is 6.26 Å². The van der Waals surface area contributed by atoms with E-state index in [1.54, 1.807) is 0 Å². The standard InChI is InChI=1S/C15H24O10/c1-14(21)4-7(17)15(22)2-3-23-13(11(14)15)25-12-10(20)9(19)8(18)6(5-16)24-12/h2-3,6-13,16-22H,4-5H2,1H3/t6-,7-,8-,9+,10-,11-,12+,13?,14+,15-/m1/s1. The summed E-state index contributed by atoms with van der Waals surface area (Å²) in [5.41, 5.74) is -3.35. The fourth-order valence-electron chi connectivity index (χ4n) is 3.84. The Morgan fingerprint density at radius 2 is 1.76 bits per heavy atom. The van der Waals surface area contributed by atoms with E-state index in [2.05, 4.69) is 0 Å². The van der Waals surface area contributed by atoms with E-state index < -0.39 is 66.8 Å². The third kappa shape index (κ3) is 2.97. The van der Waals surface area contributed by atoms with Gasteiger partial charge in [-0.05, 0) is 13.0 Å². The average Bonchev–Trinajstić information content (AvgIpc) is 2.73. The second kappa shape index (κ2) is 6.41. The SMILES string of the molecule is C[C@]1(O)C[C@@H](O)[C@]2(O)C=COC(O[C@@H]3O[C@H](CO)[C@@H](O)[C@H](O)[C@H]3O)[C@@H]21. The summed E-state index contributed by atoms with van der Waals surface area (Å²) in [4.78, 5) is 0. The van der Waals surface area contributed by atoms with Crippen molar-refractivity contribution >= 4 is 0 Å². The van der Waals surface area contributed by atoms with Crippen LogP contribution in [-0.2, 0) is 14.2 Å². The molecule has 0 aromatic rings. The smallest absolute Gasteiger partial charge is 0.210 e. The highest BCUT2D eigenvalue weighted by Crippen LogP contribution is 2.49. The molecule has 0 amide bonds. The average molecular weight is 364 g/mol. The van der Waals surface area contributed by atoms with Gasteiger partial charge in [-0.3, -0.25) is 0 Å². The number of hydrogen-bond acceptors (Lipinski definition) is 10. The quantitative estimate of drug-likeness (QED) is 0.267. The molecule has 0 bridgehead atoms. The normalized spacial score (nSPS) is 55.7. The van der Waals surface area contributed by atoms with E-state index in [0.29, 0.717) is 0 Å². The van der Waals surface area contributed by atoms with E-state index in [1.165, 1.54) is 13.0 Å². The highest BCUT2D eigenvalue weighted by molar-refractivity contribution is 5.21. The Kier molecular flexibility index (Phi) is 4.86. The molecular formula is C15H24O10. The minimum Gasteiger partial charge on any atom is -0.472 e. The lowest BCUT2D eigenvalue weighted by molar-refractivity contribution is -0.351. The van der Waals surface area contributed by atoms with Gasteiger partial charge in [0.15, 0.2) is 6.29 Å². The lowest BCUT2D eigenvalue weighted by atomic mass is 9.81. The van der Waals surface area contributed by atoms with E-state index in [4.69, 9.17) is 14.2 Å². The first-order valence-corrected chi connectivity index (χ1v) is 8.04. The summed E-state index contributed by atoms with van der Waals surface area (Å²) in [5, 5.41) is 70.2. The second-order valence-corrected chi connectivity index (χ2v) is 7.08. The Balaban J connectivity index is 1.81. The first kappa shape index (κ1) is 19.0. The number of rotatable bonds is 3. The van der Waals surface area contributed by atoms with Crippen LogP contribution in [0.3, 0.4) is 0 Å². The molecule has 0 radical (unpaired) electrons. The fraction of sp³-hybridized carbons (Fsp3) is 0.867. The zero-order valence-electron chi connectivity index (χ0n) is 13.5. The van der Waals surface area contributed by atoms with Crippen molar-refractivity contribution in [3.8, 4) is 0 Å². The maximum absolute atomic E-state index is 10.7. The molecule has 10 atom stereocenters. The molecule has 2 aliphatic heterocycles. The van der Waals surface area contributed by atoms with Gasteiger partial charge < -0.3 is 50.0 Å². The van der Waals surface area contributed by atoms with Crippen LogP contribution in [0.5, 0.6) is 0 Å². The van der Waals surface area contributed by atoms with E-state index in [1.807, 2.05) is 0 Å². The zero-order valence-corrected chi connectivity index (χ0v) is 13.5. The van der Waals surface area contributed by atoms with Gasteiger partial charge >= 0.3 is 0 Å².